The van der Waals surface area contributed by atoms with Gasteiger partial charge in [-0.3, -0.25) is 9.59 Å². The topological polar surface area (TPSA) is 62.1 Å². The second kappa shape index (κ2) is 5.77. The molecule has 2 amide bonds. The summed E-state index contributed by atoms with van der Waals surface area (Å²) in [4.78, 5) is 23.2. The van der Waals surface area contributed by atoms with Crippen molar-refractivity contribution in [2.45, 2.75) is 6.92 Å². The normalized spacial score (nSPS) is 9.74. The average Bonchev–Trinajstić information content (AvgIpc) is 2.39. The molecule has 0 saturated carbocycles. The molecule has 0 saturated heterocycles. The van der Waals surface area contributed by atoms with Crippen LogP contribution in [0.5, 0.6) is 0 Å². The number of carbonyl (C=O) groups is 2. The number of rotatable bonds is 3. The summed E-state index contributed by atoms with van der Waals surface area (Å²) < 4.78 is 1.55. The third-order valence-corrected chi connectivity index (χ3v) is 2.43. The van der Waals surface area contributed by atoms with Crippen LogP contribution >= 0.6 is 0 Å². The van der Waals surface area contributed by atoms with Crippen molar-refractivity contribution in [2.75, 3.05) is 10.7 Å². The van der Waals surface area contributed by atoms with E-state index in [1.807, 2.05) is 6.07 Å². The zero-order valence-corrected chi connectivity index (χ0v) is 10.5. The molecule has 5 nitrogen and oxygen atoms in total. The van der Waals surface area contributed by atoms with Crippen LogP contribution in [-0.2, 0) is 4.79 Å². The smallest absolute Gasteiger partial charge is 0.307 e. The minimum absolute atomic E-state index is 0.215. The number of amides is 2. The van der Waals surface area contributed by atoms with E-state index in [0.29, 0.717) is 11.3 Å². The Morgan fingerprint density at radius 1 is 1.00 bits per heavy atom. The zero-order chi connectivity index (χ0) is 13.7. The molecule has 0 unspecified atom stereocenters. The summed E-state index contributed by atoms with van der Waals surface area (Å²) in [5.41, 5.74) is 3.60. The number of nitrogens with one attached hydrogen (secondary N) is 2. The number of anilines is 1. The first kappa shape index (κ1) is 12.8. The Hall–Kier alpha value is -2.69. The molecule has 0 aliphatic rings. The van der Waals surface area contributed by atoms with Crippen molar-refractivity contribution in [3.05, 3.63) is 60.4 Å². The van der Waals surface area contributed by atoms with Crippen molar-refractivity contribution in [1.29, 1.82) is 0 Å². The van der Waals surface area contributed by atoms with Crippen molar-refractivity contribution in [2.24, 2.45) is 0 Å². The molecule has 2 rings (SSSR count). The summed E-state index contributed by atoms with van der Waals surface area (Å²) in [5.74, 6) is -0.506. The predicted octanol–water partition coefficient (Wildman–Crippen LogP) is 1.32. The molecular formula is C14H14N3O2+. The number of carbonyl (C=O) groups excluding carboxylic acids is 2. The fourth-order valence-corrected chi connectivity index (χ4v) is 1.63. The van der Waals surface area contributed by atoms with Crippen LogP contribution in [0.15, 0.2) is 54.9 Å². The highest BCUT2D eigenvalue weighted by Crippen LogP contribution is 2.14. The highest BCUT2D eigenvalue weighted by Gasteiger charge is 2.14. The lowest BCUT2D eigenvalue weighted by atomic mass is 10.1. The number of hydrogen-bond donors (Lipinski definition) is 2. The molecule has 0 aliphatic heterocycles. The maximum atomic E-state index is 12.1. The summed E-state index contributed by atoms with van der Waals surface area (Å²) in [6.07, 6.45) is 3.44. The van der Waals surface area contributed by atoms with Gasteiger partial charge in [0.15, 0.2) is 12.4 Å². The molecule has 5 heteroatoms. The van der Waals surface area contributed by atoms with Gasteiger partial charge in [-0.05, 0) is 12.1 Å². The molecule has 1 aromatic heterocycles. The number of benzene rings is 1. The Morgan fingerprint density at radius 3 is 2.37 bits per heavy atom. The Bertz CT molecular complexity index is 597. The van der Waals surface area contributed by atoms with Crippen LogP contribution in [0.3, 0.4) is 0 Å². The number of para-hydroxylation sites is 1. The number of pyridine rings is 1. The molecule has 0 atom stereocenters. The molecule has 19 heavy (non-hydrogen) atoms. The summed E-state index contributed by atoms with van der Waals surface area (Å²) in [6, 6.07) is 12.3. The van der Waals surface area contributed by atoms with Gasteiger partial charge in [-0.15, -0.1) is 5.43 Å². The summed E-state index contributed by atoms with van der Waals surface area (Å²) in [6.45, 7) is 1.40. The lowest BCUT2D eigenvalue weighted by Crippen LogP contribution is -2.47. The molecule has 0 spiro atoms. The van der Waals surface area contributed by atoms with Gasteiger partial charge in [0.2, 0.25) is 5.91 Å². The predicted molar refractivity (Wildman–Crippen MR) is 71.1 cm³/mol. The van der Waals surface area contributed by atoms with E-state index < -0.39 is 0 Å². The molecule has 96 valence electrons. The van der Waals surface area contributed by atoms with Crippen LogP contribution in [-0.4, -0.2) is 11.8 Å². The number of aromatic nitrogens is 1. The number of nitrogens with zero attached hydrogens (tertiary/aromatic N) is 1. The minimum Gasteiger partial charge on any atom is -0.326 e. The maximum Gasteiger partial charge on any atom is 0.307 e. The quantitative estimate of drug-likeness (QED) is 0.813. The maximum absolute atomic E-state index is 12.1. The van der Waals surface area contributed by atoms with Crippen molar-refractivity contribution in [1.82, 2.24) is 0 Å². The minimum atomic E-state index is -0.291. The van der Waals surface area contributed by atoms with Gasteiger partial charge in [-0.2, -0.15) is 0 Å². The summed E-state index contributed by atoms with van der Waals surface area (Å²) in [7, 11) is 0. The van der Waals surface area contributed by atoms with Crippen LogP contribution < -0.4 is 15.4 Å². The van der Waals surface area contributed by atoms with E-state index in [-0.39, 0.29) is 11.8 Å². The Balaban J connectivity index is 2.21. The zero-order valence-electron chi connectivity index (χ0n) is 10.5. The van der Waals surface area contributed by atoms with Crippen LogP contribution in [0, 0.1) is 0 Å². The first-order valence-corrected chi connectivity index (χ1v) is 5.81. The highest BCUT2D eigenvalue weighted by atomic mass is 16.2. The fraction of sp³-hybridized carbons (Fsp3) is 0.0714. The average molecular weight is 256 g/mol. The first-order valence-electron chi connectivity index (χ1n) is 5.81. The summed E-state index contributed by atoms with van der Waals surface area (Å²) >= 11 is 0. The van der Waals surface area contributed by atoms with Crippen molar-refractivity contribution < 1.29 is 14.3 Å². The third-order valence-electron chi connectivity index (χ3n) is 2.43. The largest absolute Gasteiger partial charge is 0.326 e. The Morgan fingerprint density at radius 2 is 1.68 bits per heavy atom. The lowest BCUT2D eigenvalue weighted by molar-refractivity contribution is -0.641. The fourth-order valence-electron chi connectivity index (χ4n) is 1.63. The molecular weight excluding hydrogens is 242 g/mol. The first-order chi connectivity index (χ1) is 9.16. The van der Waals surface area contributed by atoms with Gasteiger partial charge in [-0.25, -0.2) is 0 Å². The van der Waals surface area contributed by atoms with E-state index in [0.717, 1.165) is 0 Å². The van der Waals surface area contributed by atoms with Crippen molar-refractivity contribution in [3.63, 3.8) is 0 Å². The molecule has 0 radical (unpaired) electrons. The van der Waals surface area contributed by atoms with E-state index in [1.165, 1.54) is 6.92 Å². The lowest BCUT2D eigenvalue weighted by Gasteiger charge is -2.07. The standard InChI is InChI=1S/C14H13N3O2/c1-11(18)15-13-8-4-3-7-12(13)14(19)16-17-9-5-2-6-10-17/h2-10H,1H3,(H-,15,16,18,19)/p+1. The molecule has 1 heterocycles. The molecule has 2 aromatic rings. The molecule has 1 aromatic carbocycles. The van der Waals surface area contributed by atoms with Crippen LogP contribution in [0.2, 0.25) is 0 Å². The molecule has 0 fully saturated rings. The van der Waals surface area contributed by atoms with Crippen molar-refractivity contribution >= 4 is 17.5 Å². The van der Waals surface area contributed by atoms with E-state index in [4.69, 9.17) is 0 Å². The van der Waals surface area contributed by atoms with Gasteiger partial charge in [0.05, 0.1) is 11.3 Å². The van der Waals surface area contributed by atoms with Gasteiger partial charge in [0.25, 0.3) is 0 Å². The van der Waals surface area contributed by atoms with Gasteiger partial charge >= 0.3 is 5.91 Å². The second-order valence-corrected chi connectivity index (χ2v) is 3.95. The molecule has 2 N–H and O–H groups in total. The summed E-state index contributed by atoms with van der Waals surface area (Å²) in [5, 5.41) is 2.63. The van der Waals surface area contributed by atoms with E-state index in [9.17, 15) is 9.59 Å². The van der Waals surface area contributed by atoms with Gasteiger partial charge < -0.3 is 5.32 Å². The SMILES string of the molecule is CC(=O)Nc1ccccc1C(=O)N[n+]1ccccc1. The van der Waals surface area contributed by atoms with Crippen molar-refractivity contribution in [3.8, 4) is 0 Å². The Labute approximate surface area is 110 Å². The second-order valence-electron chi connectivity index (χ2n) is 3.95. The van der Waals surface area contributed by atoms with Crippen LogP contribution in [0.4, 0.5) is 5.69 Å². The van der Waals surface area contributed by atoms with Gasteiger partial charge in [0.1, 0.15) is 0 Å². The highest BCUT2D eigenvalue weighted by molar-refractivity contribution is 6.06. The third kappa shape index (κ3) is 3.38. The molecule has 0 aliphatic carbocycles. The van der Waals surface area contributed by atoms with Crippen LogP contribution in [0.1, 0.15) is 17.3 Å². The van der Waals surface area contributed by atoms with Gasteiger partial charge in [-0.1, -0.05) is 22.9 Å². The van der Waals surface area contributed by atoms with E-state index in [1.54, 1.807) is 53.5 Å². The van der Waals surface area contributed by atoms with Gasteiger partial charge in [0, 0.05) is 19.1 Å². The van der Waals surface area contributed by atoms with E-state index in [2.05, 4.69) is 10.7 Å². The van der Waals surface area contributed by atoms with Crippen LogP contribution in [0.25, 0.3) is 0 Å². The van der Waals surface area contributed by atoms with E-state index >= 15 is 0 Å². The monoisotopic (exact) mass is 256 g/mol. The Kier molecular flexibility index (Phi) is 3.87. The molecule has 0 bridgehead atoms. The number of hydrogen-bond acceptors (Lipinski definition) is 2.